The van der Waals surface area contributed by atoms with Gasteiger partial charge in [0.2, 0.25) is 17.2 Å². The average molecular weight is 292 g/mol. The molecule has 0 radical (unpaired) electrons. The first-order valence-electron chi connectivity index (χ1n) is 6.58. The van der Waals surface area contributed by atoms with E-state index in [4.69, 9.17) is 11.6 Å². The summed E-state index contributed by atoms with van der Waals surface area (Å²) >= 11 is 5.91. The second kappa shape index (κ2) is 6.52. The number of nitrogens with one attached hydrogen (secondary N) is 2. The molecule has 0 unspecified atom stereocenters. The van der Waals surface area contributed by atoms with Crippen LogP contribution in [0, 0.1) is 13.8 Å². The molecule has 2 rings (SSSR count). The summed E-state index contributed by atoms with van der Waals surface area (Å²) in [5.41, 5.74) is 3.38. The van der Waals surface area contributed by atoms with Gasteiger partial charge in [0.25, 0.3) is 0 Å². The highest BCUT2D eigenvalue weighted by molar-refractivity contribution is 6.28. The third-order valence-corrected chi connectivity index (χ3v) is 3.07. The maximum absolute atomic E-state index is 5.91. The van der Waals surface area contributed by atoms with Crippen LogP contribution in [0.4, 0.5) is 17.6 Å². The molecule has 1 aromatic carbocycles. The molecule has 0 spiro atoms. The summed E-state index contributed by atoms with van der Waals surface area (Å²) in [5, 5.41) is 6.41. The standard InChI is InChI=1S/C14H18ClN5/c1-4-7-16-13-18-12(15)19-14(20-13)17-11-6-5-9(2)10(3)8-11/h5-6,8H,4,7H2,1-3H3,(H2,16,17,18,19,20). The van der Waals surface area contributed by atoms with E-state index in [2.05, 4.69) is 52.4 Å². The van der Waals surface area contributed by atoms with Crippen LogP contribution in [0.25, 0.3) is 0 Å². The van der Waals surface area contributed by atoms with Gasteiger partial charge in [-0.15, -0.1) is 0 Å². The molecule has 0 aliphatic carbocycles. The Bertz CT molecular complexity index is 600. The van der Waals surface area contributed by atoms with Gasteiger partial charge in [-0.05, 0) is 55.1 Å². The van der Waals surface area contributed by atoms with E-state index in [0.29, 0.717) is 11.9 Å². The molecule has 2 aromatic rings. The van der Waals surface area contributed by atoms with E-state index in [9.17, 15) is 0 Å². The zero-order valence-electron chi connectivity index (χ0n) is 11.9. The Hall–Kier alpha value is -1.88. The molecule has 106 valence electrons. The molecule has 0 amide bonds. The lowest BCUT2D eigenvalue weighted by molar-refractivity contribution is 0.940. The SMILES string of the molecule is CCCNc1nc(Cl)nc(Nc2ccc(C)c(C)c2)n1. The van der Waals surface area contributed by atoms with Gasteiger partial charge in [0, 0.05) is 12.2 Å². The lowest BCUT2D eigenvalue weighted by Gasteiger charge is -2.09. The number of nitrogens with zero attached hydrogens (tertiary/aromatic N) is 3. The quantitative estimate of drug-likeness (QED) is 0.879. The van der Waals surface area contributed by atoms with E-state index < -0.39 is 0 Å². The van der Waals surface area contributed by atoms with Crippen molar-refractivity contribution in [2.45, 2.75) is 27.2 Å². The van der Waals surface area contributed by atoms with E-state index in [0.717, 1.165) is 18.7 Å². The number of aromatic nitrogens is 3. The summed E-state index contributed by atoms with van der Waals surface area (Å²) in [5.74, 6) is 0.921. The molecule has 0 fully saturated rings. The van der Waals surface area contributed by atoms with Gasteiger partial charge < -0.3 is 10.6 Å². The molecule has 1 aromatic heterocycles. The van der Waals surface area contributed by atoms with Crippen molar-refractivity contribution in [2.75, 3.05) is 17.2 Å². The van der Waals surface area contributed by atoms with Crippen LogP contribution in [0.3, 0.4) is 0 Å². The van der Waals surface area contributed by atoms with Gasteiger partial charge in [0.05, 0.1) is 0 Å². The number of rotatable bonds is 5. The average Bonchev–Trinajstić information content (AvgIpc) is 2.40. The second-order valence-electron chi connectivity index (χ2n) is 4.60. The van der Waals surface area contributed by atoms with Crippen LogP contribution < -0.4 is 10.6 Å². The molecule has 2 N–H and O–H groups in total. The Labute approximate surface area is 123 Å². The number of anilines is 3. The monoisotopic (exact) mass is 291 g/mol. The highest BCUT2D eigenvalue weighted by Crippen LogP contribution is 2.18. The molecule has 1 heterocycles. The third-order valence-electron chi connectivity index (χ3n) is 2.90. The Morgan fingerprint density at radius 2 is 1.80 bits per heavy atom. The number of hydrogen-bond acceptors (Lipinski definition) is 5. The smallest absolute Gasteiger partial charge is 0.233 e. The Morgan fingerprint density at radius 3 is 2.50 bits per heavy atom. The van der Waals surface area contributed by atoms with Gasteiger partial charge in [0.1, 0.15) is 0 Å². The van der Waals surface area contributed by atoms with E-state index in [1.165, 1.54) is 11.1 Å². The van der Waals surface area contributed by atoms with Crippen molar-refractivity contribution in [2.24, 2.45) is 0 Å². The van der Waals surface area contributed by atoms with Crippen molar-refractivity contribution in [3.8, 4) is 0 Å². The van der Waals surface area contributed by atoms with Gasteiger partial charge in [-0.3, -0.25) is 0 Å². The van der Waals surface area contributed by atoms with Crippen molar-refractivity contribution in [1.29, 1.82) is 0 Å². The molecule has 0 aliphatic rings. The summed E-state index contributed by atoms with van der Waals surface area (Å²) in [6.07, 6.45) is 0.989. The summed E-state index contributed by atoms with van der Waals surface area (Å²) in [4.78, 5) is 12.4. The van der Waals surface area contributed by atoms with E-state index in [-0.39, 0.29) is 5.28 Å². The molecule has 6 heteroatoms. The zero-order chi connectivity index (χ0) is 14.5. The molecular weight excluding hydrogens is 274 g/mol. The van der Waals surface area contributed by atoms with Crippen molar-refractivity contribution < 1.29 is 0 Å². The highest BCUT2D eigenvalue weighted by Gasteiger charge is 2.05. The van der Waals surface area contributed by atoms with Crippen LogP contribution in [0.15, 0.2) is 18.2 Å². The molecule has 0 aliphatic heterocycles. The predicted molar refractivity (Wildman–Crippen MR) is 82.8 cm³/mol. The fraction of sp³-hybridized carbons (Fsp3) is 0.357. The van der Waals surface area contributed by atoms with Crippen LogP contribution >= 0.6 is 11.6 Å². The minimum absolute atomic E-state index is 0.171. The minimum Gasteiger partial charge on any atom is -0.354 e. The van der Waals surface area contributed by atoms with Crippen molar-refractivity contribution in [1.82, 2.24) is 15.0 Å². The molecule has 0 atom stereocenters. The number of aryl methyl sites for hydroxylation is 2. The molecule has 0 bridgehead atoms. The third kappa shape index (κ3) is 3.81. The highest BCUT2D eigenvalue weighted by atomic mass is 35.5. The number of halogens is 1. The minimum atomic E-state index is 0.171. The van der Waals surface area contributed by atoms with Crippen LogP contribution in [0.5, 0.6) is 0 Å². The van der Waals surface area contributed by atoms with Gasteiger partial charge >= 0.3 is 0 Å². The number of hydrogen-bond donors (Lipinski definition) is 2. The van der Waals surface area contributed by atoms with Crippen LogP contribution in [-0.2, 0) is 0 Å². The fourth-order valence-electron chi connectivity index (χ4n) is 1.67. The van der Waals surface area contributed by atoms with Gasteiger partial charge in [-0.25, -0.2) is 0 Å². The lowest BCUT2D eigenvalue weighted by Crippen LogP contribution is -2.07. The van der Waals surface area contributed by atoms with Gasteiger partial charge in [0.15, 0.2) is 0 Å². The molecule has 20 heavy (non-hydrogen) atoms. The van der Waals surface area contributed by atoms with Crippen molar-refractivity contribution in [3.05, 3.63) is 34.6 Å². The van der Waals surface area contributed by atoms with Crippen molar-refractivity contribution in [3.63, 3.8) is 0 Å². The van der Waals surface area contributed by atoms with Crippen molar-refractivity contribution >= 4 is 29.2 Å². The Balaban J connectivity index is 2.19. The largest absolute Gasteiger partial charge is 0.354 e. The van der Waals surface area contributed by atoms with E-state index in [1.54, 1.807) is 0 Å². The first-order valence-corrected chi connectivity index (χ1v) is 6.96. The fourth-order valence-corrected chi connectivity index (χ4v) is 1.83. The Morgan fingerprint density at radius 1 is 1.05 bits per heavy atom. The Kier molecular flexibility index (Phi) is 4.74. The summed E-state index contributed by atoms with van der Waals surface area (Å²) < 4.78 is 0. The first kappa shape index (κ1) is 14.5. The van der Waals surface area contributed by atoms with Gasteiger partial charge in [-0.1, -0.05) is 13.0 Å². The normalized spacial score (nSPS) is 10.4. The molecule has 5 nitrogen and oxygen atoms in total. The molecular formula is C14H18ClN5. The van der Waals surface area contributed by atoms with Crippen LogP contribution in [0.2, 0.25) is 5.28 Å². The van der Waals surface area contributed by atoms with Crippen LogP contribution in [0.1, 0.15) is 24.5 Å². The predicted octanol–water partition coefficient (Wildman–Crippen LogP) is 3.71. The van der Waals surface area contributed by atoms with E-state index in [1.807, 2.05) is 12.1 Å². The summed E-state index contributed by atoms with van der Waals surface area (Å²) in [6, 6.07) is 6.09. The topological polar surface area (TPSA) is 62.7 Å². The first-order chi connectivity index (χ1) is 9.58. The zero-order valence-corrected chi connectivity index (χ0v) is 12.6. The lowest BCUT2D eigenvalue weighted by atomic mass is 10.1. The molecule has 0 saturated carbocycles. The maximum atomic E-state index is 5.91. The van der Waals surface area contributed by atoms with Crippen LogP contribution in [-0.4, -0.2) is 21.5 Å². The van der Waals surface area contributed by atoms with Gasteiger partial charge in [-0.2, -0.15) is 15.0 Å². The summed E-state index contributed by atoms with van der Waals surface area (Å²) in [6.45, 7) is 7.01. The molecule has 0 saturated heterocycles. The maximum Gasteiger partial charge on any atom is 0.233 e. The second-order valence-corrected chi connectivity index (χ2v) is 4.94. The number of benzene rings is 1. The summed E-state index contributed by atoms with van der Waals surface area (Å²) in [7, 11) is 0. The van der Waals surface area contributed by atoms with E-state index >= 15 is 0 Å².